The van der Waals surface area contributed by atoms with E-state index in [1.165, 1.54) is 4.90 Å². The van der Waals surface area contributed by atoms with Crippen LogP contribution in [-0.4, -0.2) is 64.1 Å². The van der Waals surface area contributed by atoms with E-state index < -0.39 is 29.6 Å². The molecule has 110 valence electrons. The van der Waals surface area contributed by atoms with Crippen molar-refractivity contribution in [3.63, 3.8) is 0 Å². The Morgan fingerprint density at radius 3 is 2.05 bits per heavy atom. The van der Waals surface area contributed by atoms with Gasteiger partial charge in [-0.3, -0.25) is 4.79 Å². The molecule has 19 heavy (non-hydrogen) atoms. The second-order valence-corrected chi connectivity index (χ2v) is 4.99. The maximum absolute atomic E-state index is 11.8. The van der Waals surface area contributed by atoms with Crippen molar-refractivity contribution in [2.45, 2.75) is 38.9 Å². The van der Waals surface area contributed by atoms with Gasteiger partial charge in [0.05, 0.1) is 30.7 Å². The number of amides is 2. The fraction of sp³-hybridized carbons (Fsp3) is 0.833. The summed E-state index contributed by atoms with van der Waals surface area (Å²) in [6.07, 6.45) is -1.03. The van der Waals surface area contributed by atoms with Crippen molar-refractivity contribution < 1.29 is 24.9 Å². The molecule has 0 aliphatic carbocycles. The van der Waals surface area contributed by atoms with Crippen molar-refractivity contribution in [1.29, 1.82) is 0 Å². The van der Waals surface area contributed by atoms with Crippen LogP contribution in [0.4, 0.5) is 4.79 Å². The lowest BCUT2D eigenvalue weighted by Gasteiger charge is -2.28. The van der Waals surface area contributed by atoms with E-state index in [-0.39, 0.29) is 19.6 Å². The van der Waals surface area contributed by atoms with Crippen LogP contribution in [0.15, 0.2) is 0 Å². The smallest absolute Gasteiger partial charge is 0.317 e. The lowest BCUT2D eigenvalue weighted by atomic mass is 9.82. The highest BCUT2D eigenvalue weighted by Crippen LogP contribution is 2.25. The van der Waals surface area contributed by atoms with Gasteiger partial charge in [-0.05, 0) is 12.8 Å². The van der Waals surface area contributed by atoms with Crippen molar-refractivity contribution >= 4 is 12.0 Å². The van der Waals surface area contributed by atoms with Crippen LogP contribution in [0, 0.1) is 5.41 Å². The van der Waals surface area contributed by atoms with Crippen molar-refractivity contribution in [3.05, 3.63) is 0 Å². The summed E-state index contributed by atoms with van der Waals surface area (Å²) in [4.78, 5) is 24.4. The lowest BCUT2D eigenvalue weighted by Crippen LogP contribution is -2.47. The minimum atomic E-state index is -0.966. The van der Waals surface area contributed by atoms with Gasteiger partial charge < -0.3 is 25.5 Å². The molecule has 0 aromatic carbocycles. The van der Waals surface area contributed by atoms with E-state index >= 15 is 0 Å². The molecule has 2 unspecified atom stereocenters. The summed E-state index contributed by atoms with van der Waals surface area (Å²) < 4.78 is 0. The number of urea groups is 1. The van der Waals surface area contributed by atoms with Gasteiger partial charge in [-0.15, -0.1) is 0 Å². The van der Waals surface area contributed by atoms with Crippen LogP contribution in [0.2, 0.25) is 0 Å². The van der Waals surface area contributed by atoms with Crippen molar-refractivity contribution in [2.75, 3.05) is 19.6 Å². The van der Waals surface area contributed by atoms with Crippen molar-refractivity contribution in [2.24, 2.45) is 5.41 Å². The zero-order valence-corrected chi connectivity index (χ0v) is 11.3. The zero-order chi connectivity index (χ0) is 14.6. The van der Waals surface area contributed by atoms with Crippen LogP contribution in [0.3, 0.4) is 0 Å². The van der Waals surface area contributed by atoms with Crippen LogP contribution in [0.25, 0.3) is 0 Å². The Kier molecular flexibility index (Phi) is 5.13. The van der Waals surface area contributed by atoms with Crippen LogP contribution in [0.5, 0.6) is 0 Å². The van der Waals surface area contributed by atoms with Crippen molar-refractivity contribution in [3.8, 4) is 0 Å². The number of rotatable bonds is 5. The molecular formula is C12H22N2O5. The highest BCUT2D eigenvalue weighted by molar-refractivity contribution is 5.78. The molecule has 0 radical (unpaired) electrons. The summed E-state index contributed by atoms with van der Waals surface area (Å²) in [5.74, 6) is -0.931. The van der Waals surface area contributed by atoms with Gasteiger partial charge in [-0.2, -0.15) is 0 Å². The topological polar surface area (TPSA) is 110 Å². The Morgan fingerprint density at radius 1 is 1.21 bits per heavy atom. The number of carboxylic acids is 1. The average Bonchev–Trinajstić information content (AvgIpc) is 2.71. The largest absolute Gasteiger partial charge is 0.481 e. The number of aliphatic hydroxyl groups excluding tert-OH is 2. The van der Waals surface area contributed by atoms with Crippen LogP contribution in [-0.2, 0) is 4.79 Å². The minimum Gasteiger partial charge on any atom is -0.481 e. The molecule has 1 saturated heterocycles. The Morgan fingerprint density at radius 2 is 1.68 bits per heavy atom. The van der Waals surface area contributed by atoms with Gasteiger partial charge in [0.15, 0.2) is 0 Å². The number of nitrogens with one attached hydrogen (secondary N) is 1. The first-order valence-corrected chi connectivity index (χ1v) is 6.48. The van der Waals surface area contributed by atoms with Gasteiger partial charge in [0.1, 0.15) is 0 Å². The normalized spacial score (nSPS) is 23.5. The first kappa shape index (κ1) is 15.7. The maximum Gasteiger partial charge on any atom is 0.317 e. The van der Waals surface area contributed by atoms with E-state index in [1.54, 1.807) is 13.8 Å². The standard InChI is InChI=1S/C12H22N2O5/c1-3-12(4-2,10(17)18)7-13-11(19)14-5-8(15)9(16)6-14/h8-9,15-16H,3-7H2,1-2H3,(H,13,19)(H,17,18). The minimum absolute atomic E-state index is 0.0385. The molecule has 7 heteroatoms. The molecule has 0 aromatic rings. The van der Waals surface area contributed by atoms with E-state index in [4.69, 9.17) is 0 Å². The monoisotopic (exact) mass is 274 g/mol. The second kappa shape index (κ2) is 6.21. The van der Waals surface area contributed by atoms with E-state index in [1.807, 2.05) is 0 Å². The summed E-state index contributed by atoms with van der Waals surface area (Å²) in [5.41, 5.74) is -0.966. The Balaban J connectivity index is 2.56. The van der Waals surface area contributed by atoms with Gasteiger partial charge in [0.2, 0.25) is 0 Å². The predicted octanol–water partition coefficient (Wildman–Crippen LogP) is -0.376. The third-order valence-corrected chi connectivity index (χ3v) is 3.93. The summed E-state index contributed by atoms with van der Waals surface area (Å²) in [7, 11) is 0. The first-order valence-electron chi connectivity index (χ1n) is 6.48. The molecular weight excluding hydrogens is 252 g/mol. The highest BCUT2D eigenvalue weighted by Gasteiger charge is 2.37. The molecule has 1 fully saturated rings. The van der Waals surface area contributed by atoms with E-state index in [2.05, 4.69) is 5.32 Å². The Labute approximate surface area is 112 Å². The predicted molar refractivity (Wildman–Crippen MR) is 67.6 cm³/mol. The SMILES string of the molecule is CCC(CC)(CNC(=O)N1CC(O)C(O)C1)C(=O)O. The molecule has 0 saturated carbocycles. The fourth-order valence-electron chi connectivity index (χ4n) is 2.17. The number of carbonyl (C=O) groups is 2. The summed E-state index contributed by atoms with van der Waals surface area (Å²) in [6.45, 7) is 3.70. The number of carbonyl (C=O) groups excluding carboxylic acids is 1. The molecule has 1 aliphatic heterocycles. The summed E-state index contributed by atoms with van der Waals surface area (Å²) >= 11 is 0. The first-order chi connectivity index (χ1) is 8.86. The van der Waals surface area contributed by atoms with E-state index in [9.17, 15) is 24.9 Å². The van der Waals surface area contributed by atoms with Crippen LogP contribution < -0.4 is 5.32 Å². The van der Waals surface area contributed by atoms with Crippen LogP contribution >= 0.6 is 0 Å². The number of hydrogen-bond acceptors (Lipinski definition) is 4. The molecule has 2 atom stereocenters. The third-order valence-electron chi connectivity index (χ3n) is 3.93. The number of likely N-dealkylation sites (tertiary alicyclic amines) is 1. The number of hydrogen-bond donors (Lipinski definition) is 4. The molecule has 7 nitrogen and oxygen atoms in total. The quantitative estimate of drug-likeness (QED) is 0.546. The summed E-state index contributed by atoms with van der Waals surface area (Å²) in [6, 6.07) is -0.455. The molecule has 0 spiro atoms. The Bertz CT molecular complexity index is 333. The molecule has 2 amide bonds. The number of nitrogens with zero attached hydrogens (tertiary/aromatic N) is 1. The zero-order valence-electron chi connectivity index (χ0n) is 11.3. The van der Waals surface area contributed by atoms with Gasteiger partial charge in [-0.25, -0.2) is 4.79 Å². The molecule has 0 bridgehead atoms. The fourth-order valence-corrected chi connectivity index (χ4v) is 2.17. The molecule has 1 aliphatic rings. The maximum atomic E-state index is 11.8. The molecule has 1 heterocycles. The molecule has 0 aromatic heterocycles. The lowest BCUT2D eigenvalue weighted by molar-refractivity contribution is -0.149. The average molecular weight is 274 g/mol. The van der Waals surface area contributed by atoms with Gasteiger partial charge in [0.25, 0.3) is 0 Å². The van der Waals surface area contributed by atoms with Crippen molar-refractivity contribution in [1.82, 2.24) is 10.2 Å². The second-order valence-electron chi connectivity index (χ2n) is 4.99. The molecule has 4 N–H and O–H groups in total. The van der Waals surface area contributed by atoms with E-state index in [0.717, 1.165) is 0 Å². The summed E-state index contributed by atoms with van der Waals surface area (Å²) in [5, 5.41) is 30.5. The van der Waals surface area contributed by atoms with Gasteiger partial charge >= 0.3 is 12.0 Å². The van der Waals surface area contributed by atoms with Gasteiger partial charge in [-0.1, -0.05) is 13.8 Å². The van der Waals surface area contributed by atoms with E-state index in [0.29, 0.717) is 12.8 Å². The number of aliphatic carboxylic acids is 1. The molecule has 1 rings (SSSR count). The highest BCUT2D eigenvalue weighted by atomic mass is 16.4. The Hall–Kier alpha value is -1.34. The third kappa shape index (κ3) is 3.36. The number of β-amino-alcohol motifs (C(OH)–C–C–N with tert-alkyl or cyclic N) is 2. The van der Waals surface area contributed by atoms with Crippen LogP contribution in [0.1, 0.15) is 26.7 Å². The number of carboxylic acid groups (broad SMARTS) is 1. The number of aliphatic hydroxyl groups is 2. The van der Waals surface area contributed by atoms with Gasteiger partial charge in [0, 0.05) is 6.54 Å².